The van der Waals surface area contributed by atoms with Gasteiger partial charge in [0.2, 0.25) is 0 Å². The first-order valence-electron chi connectivity index (χ1n) is 4.32. The van der Waals surface area contributed by atoms with Gasteiger partial charge >= 0.3 is 0 Å². The second-order valence-corrected chi connectivity index (χ2v) is 3.11. The van der Waals surface area contributed by atoms with Crippen LogP contribution in [0.3, 0.4) is 0 Å². The van der Waals surface area contributed by atoms with Gasteiger partial charge in [-0.15, -0.1) is 0 Å². The van der Waals surface area contributed by atoms with Gasteiger partial charge in [-0.3, -0.25) is 0 Å². The van der Waals surface area contributed by atoms with Crippen molar-refractivity contribution in [1.29, 1.82) is 0 Å². The van der Waals surface area contributed by atoms with Crippen LogP contribution in [0, 0.1) is 5.92 Å². The van der Waals surface area contributed by atoms with E-state index in [4.69, 9.17) is 4.74 Å². The molecule has 0 saturated heterocycles. The highest BCUT2D eigenvalue weighted by Crippen LogP contribution is 2.25. The van der Waals surface area contributed by atoms with Gasteiger partial charge in [0.05, 0.1) is 0 Å². The number of aliphatic hydroxyl groups is 1. The van der Waals surface area contributed by atoms with Crippen molar-refractivity contribution in [2.45, 2.75) is 25.9 Å². The molecule has 0 bridgehead atoms. The lowest BCUT2D eigenvalue weighted by atomic mass is 9.91. The van der Waals surface area contributed by atoms with Crippen LogP contribution in [-0.4, -0.2) is 18.3 Å². The molecule has 2 heteroatoms. The second-order valence-electron chi connectivity index (χ2n) is 3.11. The van der Waals surface area contributed by atoms with E-state index in [0.717, 1.165) is 12.8 Å². The van der Waals surface area contributed by atoms with E-state index in [1.54, 1.807) is 7.11 Å². The molecule has 1 aliphatic rings. The summed E-state index contributed by atoms with van der Waals surface area (Å²) in [5.74, 6) is 0.911. The molecule has 0 heterocycles. The average molecular weight is 168 g/mol. The Kier molecular flexibility index (Phi) is 3.35. The Hall–Kier alpha value is -0.760. The Morgan fingerprint density at radius 2 is 2.42 bits per heavy atom. The van der Waals surface area contributed by atoms with Crippen LogP contribution in [0.5, 0.6) is 0 Å². The topological polar surface area (TPSA) is 29.5 Å². The molecule has 0 radical (unpaired) electrons. The predicted octanol–water partition coefficient (Wildman–Crippen LogP) is 2.43. The van der Waals surface area contributed by atoms with Crippen LogP contribution in [0.2, 0.25) is 0 Å². The molecule has 2 atom stereocenters. The molecule has 1 N–H and O–H groups in total. The molecule has 68 valence electrons. The molecule has 2 unspecified atom stereocenters. The van der Waals surface area contributed by atoms with Gasteiger partial charge in [-0.1, -0.05) is 12.2 Å². The van der Waals surface area contributed by atoms with Crippen molar-refractivity contribution in [2.24, 2.45) is 5.92 Å². The smallest absolute Gasteiger partial charge is 0.117 e. The summed E-state index contributed by atoms with van der Waals surface area (Å²) in [7, 11) is 1.63. The highest BCUT2D eigenvalue weighted by Gasteiger charge is 2.21. The standard InChI is InChI=1S/C10H16O2/c1-3-4-8-5-6-9(11)10(7-8)12-2/h3-4,6,8,10-11H,5,7H2,1-2H3. The Morgan fingerprint density at radius 1 is 1.67 bits per heavy atom. The number of hydrogen-bond donors (Lipinski definition) is 1. The Morgan fingerprint density at radius 3 is 3.00 bits per heavy atom. The molecule has 0 aliphatic heterocycles. The molecule has 0 amide bonds. The van der Waals surface area contributed by atoms with Crippen LogP contribution in [-0.2, 0) is 4.74 Å². The first-order chi connectivity index (χ1) is 5.77. The number of ether oxygens (including phenoxy) is 1. The molecule has 0 saturated carbocycles. The molecule has 1 aliphatic carbocycles. The normalized spacial score (nSPS) is 30.7. The maximum Gasteiger partial charge on any atom is 0.117 e. The van der Waals surface area contributed by atoms with E-state index in [0.29, 0.717) is 11.7 Å². The zero-order valence-corrected chi connectivity index (χ0v) is 7.66. The minimum absolute atomic E-state index is 0.0973. The van der Waals surface area contributed by atoms with Gasteiger partial charge in [-0.25, -0.2) is 0 Å². The molecule has 0 spiro atoms. The van der Waals surface area contributed by atoms with E-state index in [1.165, 1.54) is 0 Å². The average Bonchev–Trinajstić information content (AvgIpc) is 2.09. The summed E-state index contributed by atoms with van der Waals surface area (Å²) in [6.07, 6.45) is 7.78. The van der Waals surface area contributed by atoms with Crippen LogP contribution in [0.4, 0.5) is 0 Å². The predicted molar refractivity (Wildman–Crippen MR) is 49.0 cm³/mol. The third-order valence-electron chi connectivity index (χ3n) is 2.23. The molecule has 0 aromatic rings. The Balaban J connectivity index is 2.58. The maximum atomic E-state index is 9.37. The van der Waals surface area contributed by atoms with Gasteiger partial charge in [0.1, 0.15) is 11.9 Å². The number of methoxy groups -OCH3 is 1. The van der Waals surface area contributed by atoms with Gasteiger partial charge in [0, 0.05) is 7.11 Å². The molecular weight excluding hydrogens is 152 g/mol. The lowest BCUT2D eigenvalue weighted by molar-refractivity contribution is 0.0708. The van der Waals surface area contributed by atoms with Crippen molar-refractivity contribution in [1.82, 2.24) is 0 Å². The molecule has 0 aromatic heterocycles. The summed E-state index contributed by atoms with van der Waals surface area (Å²) in [6.45, 7) is 2.01. The minimum atomic E-state index is -0.0973. The molecule has 1 rings (SSSR count). The van der Waals surface area contributed by atoms with Crippen molar-refractivity contribution < 1.29 is 9.84 Å². The summed E-state index contributed by atoms with van der Waals surface area (Å²) in [5, 5.41) is 9.37. The van der Waals surface area contributed by atoms with Crippen molar-refractivity contribution >= 4 is 0 Å². The van der Waals surface area contributed by atoms with E-state index < -0.39 is 0 Å². The van der Waals surface area contributed by atoms with E-state index >= 15 is 0 Å². The molecule has 0 fully saturated rings. The highest BCUT2D eigenvalue weighted by molar-refractivity contribution is 5.08. The van der Waals surface area contributed by atoms with Crippen molar-refractivity contribution in [3.05, 3.63) is 24.0 Å². The highest BCUT2D eigenvalue weighted by atomic mass is 16.5. The summed E-state index contributed by atoms with van der Waals surface area (Å²) < 4.78 is 5.13. The Bertz CT molecular complexity index is 194. The summed E-state index contributed by atoms with van der Waals surface area (Å²) in [5.41, 5.74) is 0. The van der Waals surface area contributed by atoms with Crippen molar-refractivity contribution in [3.63, 3.8) is 0 Å². The van der Waals surface area contributed by atoms with E-state index in [2.05, 4.69) is 6.08 Å². The summed E-state index contributed by atoms with van der Waals surface area (Å²) in [6, 6.07) is 0. The van der Waals surface area contributed by atoms with Gasteiger partial charge in [0.15, 0.2) is 0 Å². The number of aliphatic hydroxyl groups excluding tert-OH is 1. The fraction of sp³-hybridized carbons (Fsp3) is 0.600. The first-order valence-corrected chi connectivity index (χ1v) is 4.32. The van der Waals surface area contributed by atoms with Crippen LogP contribution < -0.4 is 0 Å². The van der Waals surface area contributed by atoms with Crippen LogP contribution in [0.15, 0.2) is 24.0 Å². The van der Waals surface area contributed by atoms with Crippen LogP contribution in [0.25, 0.3) is 0 Å². The summed E-state index contributed by atoms with van der Waals surface area (Å²) in [4.78, 5) is 0. The van der Waals surface area contributed by atoms with Crippen LogP contribution in [0.1, 0.15) is 19.8 Å². The van der Waals surface area contributed by atoms with E-state index in [-0.39, 0.29) is 6.10 Å². The third kappa shape index (κ3) is 2.11. The first kappa shape index (κ1) is 9.33. The van der Waals surface area contributed by atoms with Gasteiger partial charge < -0.3 is 9.84 Å². The van der Waals surface area contributed by atoms with E-state index in [1.807, 2.05) is 19.1 Å². The summed E-state index contributed by atoms with van der Waals surface area (Å²) >= 11 is 0. The van der Waals surface area contributed by atoms with Gasteiger partial charge in [0.25, 0.3) is 0 Å². The van der Waals surface area contributed by atoms with Crippen molar-refractivity contribution in [2.75, 3.05) is 7.11 Å². The molecule has 0 aromatic carbocycles. The SMILES string of the molecule is CC=CC1CC=C(O)C(OC)C1. The monoisotopic (exact) mass is 168 g/mol. The minimum Gasteiger partial charge on any atom is -0.510 e. The number of allylic oxidation sites excluding steroid dienone is 3. The zero-order chi connectivity index (χ0) is 8.97. The van der Waals surface area contributed by atoms with Crippen LogP contribution >= 0.6 is 0 Å². The second kappa shape index (κ2) is 4.31. The fourth-order valence-corrected chi connectivity index (χ4v) is 1.54. The number of hydrogen-bond acceptors (Lipinski definition) is 2. The maximum absolute atomic E-state index is 9.37. The molecule has 2 nitrogen and oxygen atoms in total. The fourth-order valence-electron chi connectivity index (χ4n) is 1.54. The number of rotatable bonds is 2. The lowest BCUT2D eigenvalue weighted by Gasteiger charge is -2.23. The zero-order valence-electron chi connectivity index (χ0n) is 7.66. The van der Waals surface area contributed by atoms with Gasteiger partial charge in [-0.2, -0.15) is 0 Å². The quantitative estimate of drug-likeness (QED) is 0.642. The van der Waals surface area contributed by atoms with Gasteiger partial charge in [-0.05, 0) is 31.8 Å². The molecule has 12 heavy (non-hydrogen) atoms. The Labute approximate surface area is 73.5 Å². The third-order valence-corrected chi connectivity index (χ3v) is 2.23. The largest absolute Gasteiger partial charge is 0.510 e. The van der Waals surface area contributed by atoms with Crippen molar-refractivity contribution in [3.8, 4) is 0 Å². The van der Waals surface area contributed by atoms with E-state index in [9.17, 15) is 5.11 Å². The molecular formula is C10H16O2. The lowest BCUT2D eigenvalue weighted by Crippen LogP contribution is -2.21.